The number of amides is 1. The first-order valence-electron chi connectivity index (χ1n) is 8.77. The van der Waals surface area contributed by atoms with Gasteiger partial charge < -0.3 is 10.2 Å². The quantitative estimate of drug-likeness (QED) is 0.750. The third-order valence-electron chi connectivity index (χ3n) is 4.57. The lowest BCUT2D eigenvalue weighted by molar-refractivity contribution is 0.0711. The molecule has 4 rings (SSSR count). The Balaban J connectivity index is 1.48. The number of hydrogen-bond acceptors (Lipinski definition) is 5. The van der Waals surface area contributed by atoms with Crippen LogP contribution in [0.15, 0.2) is 60.1 Å². The molecule has 0 saturated carbocycles. The Bertz CT molecular complexity index is 867. The van der Waals surface area contributed by atoms with Gasteiger partial charge in [0.1, 0.15) is 0 Å². The predicted molar refractivity (Wildman–Crippen MR) is 104 cm³/mol. The van der Waals surface area contributed by atoms with E-state index in [1.807, 2.05) is 58.8 Å². The van der Waals surface area contributed by atoms with Crippen LogP contribution in [-0.4, -0.2) is 33.9 Å². The van der Waals surface area contributed by atoms with Gasteiger partial charge in [0.25, 0.3) is 5.91 Å². The number of piperidine rings is 1. The van der Waals surface area contributed by atoms with E-state index in [1.54, 1.807) is 6.20 Å². The van der Waals surface area contributed by atoms with E-state index in [2.05, 4.69) is 10.3 Å². The van der Waals surface area contributed by atoms with Crippen LogP contribution in [-0.2, 0) is 0 Å². The van der Waals surface area contributed by atoms with E-state index in [0.717, 1.165) is 35.6 Å². The zero-order valence-electron chi connectivity index (χ0n) is 14.3. The molecule has 5 nitrogen and oxygen atoms in total. The highest BCUT2D eigenvalue weighted by Gasteiger charge is 2.26. The Hall–Kier alpha value is -2.73. The molecule has 1 fully saturated rings. The van der Waals surface area contributed by atoms with Crippen LogP contribution in [0.4, 0.5) is 11.6 Å². The number of carbonyl (C=O) groups excluding carboxylic acids is 1. The second-order valence-corrected chi connectivity index (χ2v) is 7.31. The summed E-state index contributed by atoms with van der Waals surface area (Å²) in [4.78, 5) is 24.4. The van der Waals surface area contributed by atoms with E-state index < -0.39 is 0 Å². The molecule has 3 aromatic rings. The van der Waals surface area contributed by atoms with E-state index in [0.29, 0.717) is 12.5 Å². The molecule has 132 valence electrons. The number of nitrogens with zero attached hydrogens (tertiary/aromatic N) is 3. The molecule has 1 amide bonds. The number of hydrogen-bond donors (Lipinski definition) is 1. The number of aromatic nitrogens is 2. The van der Waals surface area contributed by atoms with Gasteiger partial charge >= 0.3 is 0 Å². The highest BCUT2D eigenvalue weighted by Crippen LogP contribution is 2.28. The van der Waals surface area contributed by atoms with Crippen molar-refractivity contribution in [1.29, 1.82) is 0 Å². The molecule has 1 atom stereocenters. The van der Waals surface area contributed by atoms with Crippen molar-refractivity contribution in [3.63, 3.8) is 0 Å². The lowest BCUT2D eigenvalue weighted by Crippen LogP contribution is -2.39. The van der Waals surface area contributed by atoms with Gasteiger partial charge in [-0.05, 0) is 42.5 Å². The number of anilines is 2. The molecule has 0 radical (unpaired) electrons. The summed E-state index contributed by atoms with van der Waals surface area (Å²) in [6, 6.07) is 15.7. The van der Waals surface area contributed by atoms with Crippen molar-refractivity contribution in [3.05, 3.63) is 70.7 Å². The maximum atomic E-state index is 12.6. The minimum Gasteiger partial charge on any atom is -0.337 e. The number of nitrogens with one attached hydrogen (secondary N) is 1. The zero-order valence-corrected chi connectivity index (χ0v) is 15.2. The number of carbonyl (C=O) groups is 1. The van der Waals surface area contributed by atoms with Crippen molar-refractivity contribution in [2.45, 2.75) is 18.8 Å². The number of benzene rings is 1. The fourth-order valence-corrected chi connectivity index (χ4v) is 3.96. The largest absolute Gasteiger partial charge is 0.337 e. The summed E-state index contributed by atoms with van der Waals surface area (Å²) < 4.78 is 0. The zero-order chi connectivity index (χ0) is 17.8. The summed E-state index contributed by atoms with van der Waals surface area (Å²) in [5.74, 6) is 0.962. The summed E-state index contributed by atoms with van der Waals surface area (Å²) in [5, 5.41) is 5.18. The Labute approximate surface area is 156 Å². The third kappa shape index (κ3) is 3.75. The van der Waals surface area contributed by atoms with E-state index in [4.69, 9.17) is 4.98 Å². The molecule has 2 aromatic heterocycles. The van der Waals surface area contributed by atoms with Gasteiger partial charge in [0.2, 0.25) is 5.95 Å². The second kappa shape index (κ2) is 7.66. The molecule has 0 unspecified atom stereocenters. The fourth-order valence-electron chi connectivity index (χ4n) is 3.27. The highest BCUT2D eigenvalue weighted by molar-refractivity contribution is 7.12. The van der Waals surface area contributed by atoms with Gasteiger partial charge in [-0.25, -0.2) is 9.97 Å². The molecule has 26 heavy (non-hydrogen) atoms. The molecule has 3 heterocycles. The van der Waals surface area contributed by atoms with Crippen LogP contribution in [0.25, 0.3) is 0 Å². The molecule has 1 saturated heterocycles. The highest BCUT2D eigenvalue weighted by atomic mass is 32.1. The van der Waals surface area contributed by atoms with Gasteiger partial charge in [-0.15, -0.1) is 11.3 Å². The first-order valence-corrected chi connectivity index (χ1v) is 9.65. The Morgan fingerprint density at radius 3 is 2.85 bits per heavy atom. The molecular weight excluding hydrogens is 344 g/mol. The van der Waals surface area contributed by atoms with Crippen molar-refractivity contribution >= 4 is 28.9 Å². The Morgan fingerprint density at radius 2 is 2.04 bits per heavy atom. The lowest BCUT2D eigenvalue weighted by atomic mass is 9.94. The second-order valence-electron chi connectivity index (χ2n) is 6.36. The molecule has 1 N–H and O–H groups in total. The van der Waals surface area contributed by atoms with Crippen LogP contribution in [0.3, 0.4) is 0 Å². The van der Waals surface area contributed by atoms with Crippen molar-refractivity contribution in [3.8, 4) is 0 Å². The predicted octanol–water partition coefficient (Wildman–Crippen LogP) is 4.30. The Morgan fingerprint density at radius 1 is 1.15 bits per heavy atom. The van der Waals surface area contributed by atoms with Crippen LogP contribution in [0, 0.1) is 0 Å². The van der Waals surface area contributed by atoms with Gasteiger partial charge in [-0.3, -0.25) is 4.79 Å². The van der Waals surface area contributed by atoms with Crippen LogP contribution >= 0.6 is 11.3 Å². The van der Waals surface area contributed by atoms with Crippen molar-refractivity contribution in [1.82, 2.24) is 14.9 Å². The van der Waals surface area contributed by atoms with Crippen LogP contribution in [0.2, 0.25) is 0 Å². The topological polar surface area (TPSA) is 58.1 Å². The van der Waals surface area contributed by atoms with Crippen LogP contribution in [0.5, 0.6) is 0 Å². The monoisotopic (exact) mass is 364 g/mol. The van der Waals surface area contributed by atoms with E-state index in [1.165, 1.54) is 11.3 Å². The summed E-state index contributed by atoms with van der Waals surface area (Å²) in [6.45, 7) is 1.52. The molecule has 1 aromatic carbocycles. The lowest BCUT2D eigenvalue weighted by Gasteiger charge is -2.32. The van der Waals surface area contributed by atoms with Crippen molar-refractivity contribution < 1.29 is 4.79 Å². The summed E-state index contributed by atoms with van der Waals surface area (Å²) in [6.07, 6.45) is 3.82. The Kier molecular flexibility index (Phi) is 4.93. The molecule has 0 bridgehead atoms. The number of thiophene rings is 1. The third-order valence-corrected chi connectivity index (χ3v) is 5.42. The van der Waals surface area contributed by atoms with Gasteiger partial charge in [-0.2, -0.15) is 0 Å². The summed E-state index contributed by atoms with van der Waals surface area (Å²) >= 11 is 1.50. The normalized spacial score (nSPS) is 17.1. The van der Waals surface area contributed by atoms with Gasteiger partial charge in [-0.1, -0.05) is 24.3 Å². The van der Waals surface area contributed by atoms with Crippen molar-refractivity contribution in [2.24, 2.45) is 0 Å². The summed E-state index contributed by atoms with van der Waals surface area (Å²) in [7, 11) is 0. The fraction of sp³-hybridized carbons (Fsp3) is 0.250. The minimum absolute atomic E-state index is 0.126. The number of likely N-dealkylation sites (tertiary alicyclic amines) is 1. The number of rotatable bonds is 4. The standard InChI is InChI=1S/C20H20N4OS/c25-19(18-9-5-13-26-18)24-12-4-6-15(14-24)17-10-11-21-20(23-17)22-16-7-2-1-3-8-16/h1-3,5,7-11,13,15H,4,6,12,14H2,(H,21,22,23)/t15-/m1/s1. The first kappa shape index (κ1) is 16.7. The van der Waals surface area contributed by atoms with Crippen LogP contribution in [0.1, 0.15) is 34.1 Å². The van der Waals surface area contributed by atoms with Crippen molar-refractivity contribution in [2.75, 3.05) is 18.4 Å². The molecule has 6 heteroatoms. The number of para-hydroxylation sites is 1. The molecule has 1 aliphatic rings. The summed E-state index contributed by atoms with van der Waals surface area (Å²) in [5.41, 5.74) is 1.95. The maximum Gasteiger partial charge on any atom is 0.263 e. The SMILES string of the molecule is O=C(c1cccs1)N1CCC[C@@H](c2ccnc(Nc3ccccc3)n2)C1. The molecule has 0 spiro atoms. The van der Waals surface area contributed by atoms with E-state index in [9.17, 15) is 4.79 Å². The average Bonchev–Trinajstić information content (AvgIpc) is 3.23. The molecular formula is C20H20N4OS. The van der Waals surface area contributed by atoms with E-state index >= 15 is 0 Å². The smallest absolute Gasteiger partial charge is 0.263 e. The van der Waals surface area contributed by atoms with Gasteiger partial charge in [0.15, 0.2) is 0 Å². The minimum atomic E-state index is 0.126. The average molecular weight is 364 g/mol. The van der Waals surface area contributed by atoms with Gasteiger partial charge in [0.05, 0.1) is 10.6 Å². The van der Waals surface area contributed by atoms with Gasteiger partial charge in [0, 0.05) is 30.9 Å². The molecule has 0 aliphatic carbocycles. The first-order chi connectivity index (χ1) is 12.8. The van der Waals surface area contributed by atoms with E-state index in [-0.39, 0.29) is 11.8 Å². The maximum absolute atomic E-state index is 12.6. The molecule has 1 aliphatic heterocycles. The van der Waals surface area contributed by atoms with Crippen LogP contribution < -0.4 is 5.32 Å².